The molecule has 0 aromatic rings. The number of hydrogen-bond acceptors (Lipinski definition) is 3. The lowest BCUT2D eigenvalue weighted by atomic mass is 10.2. The monoisotopic (exact) mass is 346 g/mol. The third-order valence-corrected chi connectivity index (χ3v) is 9.36. The van der Waals surface area contributed by atoms with Gasteiger partial charge in [-0.25, -0.2) is 0 Å². The predicted molar refractivity (Wildman–Crippen MR) is 102 cm³/mol. The maximum atomic E-state index is 6.48. The van der Waals surface area contributed by atoms with Crippen molar-refractivity contribution in [1.29, 1.82) is 0 Å². The van der Waals surface area contributed by atoms with Crippen LogP contribution in [0.15, 0.2) is 0 Å². The molecule has 0 aromatic heterocycles. The van der Waals surface area contributed by atoms with Crippen molar-refractivity contribution < 1.29 is 9.16 Å². The third-order valence-electron chi connectivity index (χ3n) is 3.58. The second-order valence-electron chi connectivity index (χ2n) is 7.99. The van der Waals surface area contributed by atoms with Crippen molar-refractivity contribution in [2.75, 3.05) is 18.8 Å². The molecule has 0 rings (SSSR count). The molecule has 0 saturated heterocycles. The van der Waals surface area contributed by atoms with Gasteiger partial charge in [0.25, 0.3) is 0 Å². The summed E-state index contributed by atoms with van der Waals surface area (Å²) in [6.45, 7) is 18.9. The van der Waals surface area contributed by atoms with Crippen LogP contribution in [0.3, 0.4) is 0 Å². The van der Waals surface area contributed by atoms with E-state index in [1.165, 1.54) is 0 Å². The molecule has 0 aliphatic carbocycles. The summed E-state index contributed by atoms with van der Waals surface area (Å²) in [4.78, 5) is 0. The molecule has 0 heterocycles. The number of rotatable bonds is 7. The fourth-order valence-corrected chi connectivity index (χ4v) is 3.44. The Hall–Kier alpha value is 0.264. The van der Waals surface area contributed by atoms with Crippen LogP contribution < -0.4 is 0 Å². The van der Waals surface area contributed by atoms with Gasteiger partial charge in [-0.1, -0.05) is 46.3 Å². The Labute approximate surface area is 138 Å². The summed E-state index contributed by atoms with van der Waals surface area (Å²) in [6.07, 6.45) is 2.93. The van der Waals surface area contributed by atoms with E-state index in [0.717, 1.165) is 19.0 Å². The zero-order valence-corrected chi connectivity index (χ0v) is 18.2. The van der Waals surface area contributed by atoms with Crippen molar-refractivity contribution in [2.45, 2.75) is 71.1 Å². The highest BCUT2D eigenvalue weighted by atomic mass is 32.2. The summed E-state index contributed by atoms with van der Waals surface area (Å²) in [7, 11) is -3.15. The Balaban J connectivity index is 4.83. The van der Waals surface area contributed by atoms with Crippen LogP contribution in [0.5, 0.6) is 0 Å². The minimum atomic E-state index is -1.78. The van der Waals surface area contributed by atoms with E-state index in [1.54, 1.807) is 11.8 Å². The highest BCUT2D eigenvalue weighted by Crippen LogP contribution is 2.37. The lowest BCUT2D eigenvalue weighted by Gasteiger charge is -2.38. The summed E-state index contributed by atoms with van der Waals surface area (Å²) in [5.74, 6) is 4.15. The molecule has 5 heteroatoms. The average Bonchev–Trinajstić information content (AvgIpc) is 2.28. The molecule has 0 aromatic carbocycles. The maximum Gasteiger partial charge on any atom is 0.193 e. The molecule has 0 spiro atoms. The Bertz CT molecular complexity index is 359. The number of hydrogen-bond donors (Lipinski definition) is 0. The fraction of sp³-hybridized carbons (Fsp3) is 0.875. The fourth-order valence-electron chi connectivity index (χ4n) is 1.32. The second-order valence-corrected chi connectivity index (χ2v) is 18.3. The normalized spacial score (nSPS) is 14.5. The van der Waals surface area contributed by atoms with Crippen LogP contribution in [-0.4, -0.2) is 41.3 Å². The molecule has 0 aliphatic heterocycles. The van der Waals surface area contributed by atoms with Crippen LogP contribution in [0.1, 0.15) is 27.2 Å². The molecule has 21 heavy (non-hydrogen) atoms. The minimum Gasteiger partial charge on any atom is -0.403 e. The lowest BCUT2D eigenvalue weighted by molar-refractivity contribution is 0.135. The van der Waals surface area contributed by atoms with Crippen molar-refractivity contribution in [3.8, 4) is 11.5 Å². The van der Waals surface area contributed by atoms with Crippen LogP contribution >= 0.6 is 11.8 Å². The van der Waals surface area contributed by atoms with Crippen LogP contribution in [-0.2, 0) is 9.16 Å². The van der Waals surface area contributed by atoms with E-state index >= 15 is 0 Å². The largest absolute Gasteiger partial charge is 0.403 e. The predicted octanol–water partition coefficient (Wildman–Crippen LogP) is 4.98. The Morgan fingerprint density at radius 2 is 1.67 bits per heavy atom. The summed E-state index contributed by atoms with van der Waals surface area (Å²) in [6, 6.07) is 0. The van der Waals surface area contributed by atoms with Crippen molar-refractivity contribution in [3.63, 3.8) is 0 Å². The molecular formula is C16H34O2SSi2. The minimum absolute atomic E-state index is 0.0134. The topological polar surface area (TPSA) is 18.5 Å². The molecule has 2 nitrogen and oxygen atoms in total. The quantitative estimate of drug-likeness (QED) is 0.280. The summed E-state index contributed by atoms with van der Waals surface area (Å²) in [5, 5.41) is 0.215. The summed E-state index contributed by atoms with van der Waals surface area (Å²) >= 11 is 1.70. The van der Waals surface area contributed by atoms with E-state index in [2.05, 4.69) is 71.2 Å². The van der Waals surface area contributed by atoms with Crippen molar-refractivity contribution in [2.24, 2.45) is 0 Å². The van der Waals surface area contributed by atoms with Gasteiger partial charge in [0.2, 0.25) is 0 Å². The first-order valence-electron chi connectivity index (χ1n) is 7.66. The summed E-state index contributed by atoms with van der Waals surface area (Å²) in [5.41, 5.74) is 3.46. The molecule has 1 atom stereocenters. The van der Waals surface area contributed by atoms with Gasteiger partial charge < -0.3 is 9.16 Å². The van der Waals surface area contributed by atoms with Gasteiger partial charge >= 0.3 is 0 Å². The van der Waals surface area contributed by atoms with Crippen molar-refractivity contribution in [3.05, 3.63) is 0 Å². The van der Waals surface area contributed by atoms with Crippen LogP contribution in [0.4, 0.5) is 0 Å². The van der Waals surface area contributed by atoms with E-state index in [-0.39, 0.29) is 11.1 Å². The molecule has 0 saturated carbocycles. The number of thioether (sulfide) groups is 1. The molecule has 124 valence electrons. The highest BCUT2D eigenvalue weighted by Gasteiger charge is 2.38. The maximum absolute atomic E-state index is 6.48. The first-order chi connectivity index (χ1) is 9.39. The molecule has 0 radical (unpaired) electrons. The molecule has 0 unspecified atom stereocenters. The third kappa shape index (κ3) is 9.80. The van der Waals surface area contributed by atoms with Crippen LogP contribution in [0.2, 0.25) is 37.8 Å². The van der Waals surface area contributed by atoms with Gasteiger partial charge in [0.1, 0.15) is 14.2 Å². The van der Waals surface area contributed by atoms with Crippen molar-refractivity contribution >= 4 is 28.2 Å². The molecule has 0 aliphatic rings. The average molecular weight is 347 g/mol. The van der Waals surface area contributed by atoms with E-state index < -0.39 is 16.4 Å². The number of ether oxygens (including phenoxy) is 1. The van der Waals surface area contributed by atoms with E-state index in [4.69, 9.17) is 9.16 Å². The SMILES string of the molecule is CSCOCC[C@H](C#C[Si](C)(C)C)O[Si](C)(C)C(C)(C)C. The molecule has 0 N–H and O–H groups in total. The highest BCUT2D eigenvalue weighted by molar-refractivity contribution is 7.98. The smallest absolute Gasteiger partial charge is 0.193 e. The summed E-state index contributed by atoms with van der Waals surface area (Å²) < 4.78 is 12.1. The zero-order chi connectivity index (χ0) is 16.7. The van der Waals surface area contributed by atoms with Gasteiger partial charge in [-0.2, -0.15) is 0 Å². The van der Waals surface area contributed by atoms with Gasteiger partial charge in [0.05, 0.1) is 12.5 Å². The standard InChI is InChI=1S/C16H34O2SSi2/c1-16(2,3)21(8,9)18-15(10-12-17-14-19-4)11-13-20(5,6)7/h15H,10,12,14H2,1-9H3/t15-/m1/s1. The Morgan fingerprint density at radius 3 is 2.10 bits per heavy atom. The van der Waals surface area contributed by atoms with Crippen LogP contribution in [0.25, 0.3) is 0 Å². The van der Waals surface area contributed by atoms with Gasteiger partial charge in [-0.05, 0) is 24.4 Å². The first-order valence-corrected chi connectivity index (χ1v) is 15.5. The van der Waals surface area contributed by atoms with E-state index in [9.17, 15) is 0 Å². The first kappa shape index (κ1) is 21.3. The zero-order valence-electron chi connectivity index (χ0n) is 15.4. The van der Waals surface area contributed by atoms with Crippen LogP contribution in [0, 0.1) is 11.5 Å². The van der Waals surface area contributed by atoms with E-state index in [0.29, 0.717) is 0 Å². The molecular weight excluding hydrogens is 312 g/mol. The van der Waals surface area contributed by atoms with Crippen molar-refractivity contribution in [1.82, 2.24) is 0 Å². The Morgan fingerprint density at radius 1 is 1.10 bits per heavy atom. The lowest BCUT2D eigenvalue weighted by Crippen LogP contribution is -2.44. The second kappa shape index (κ2) is 8.78. The molecule has 0 fully saturated rings. The van der Waals surface area contributed by atoms with E-state index in [1.807, 2.05) is 0 Å². The van der Waals surface area contributed by atoms with Gasteiger partial charge in [0, 0.05) is 6.42 Å². The van der Waals surface area contributed by atoms with Gasteiger partial charge in [0.15, 0.2) is 8.32 Å². The van der Waals surface area contributed by atoms with Gasteiger partial charge in [-0.15, -0.1) is 17.3 Å². The van der Waals surface area contributed by atoms with Gasteiger partial charge in [-0.3, -0.25) is 0 Å². The molecule has 0 bridgehead atoms. The molecule has 0 amide bonds. The Kier molecular flexibility index (Phi) is 8.89.